The smallest absolute Gasteiger partial charge is 0.138 e. The summed E-state index contributed by atoms with van der Waals surface area (Å²) < 4.78 is 6.99. The van der Waals surface area contributed by atoms with E-state index in [4.69, 9.17) is 11.3 Å². The Bertz CT molecular complexity index is 3520. The number of allylic oxidation sites excluding steroid dienone is 4. The molecule has 1 unspecified atom stereocenters. The molecule has 0 saturated heterocycles. The summed E-state index contributed by atoms with van der Waals surface area (Å²) in [6.07, 6.45) is 5.93. The van der Waals surface area contributed by atoms with Crippen LogP contribution in [0.1, 0.15) is 16.7 Å². The second-order valence-electron chi connectivity index (χ2n) is 17.4. The van der Waals surface area contributed by atoms with Gasteiger partial charge in [-0.15, -0.1) is 0 Å². The van der Waals surface area contributed by atoms with Crippen molar-refractivity contribution in [1.82, 2.24) is 0 Å². The molecule has 1 aliphatic carbocycles. The van der Waals surface area contributed by atoms with Crippen molar-refractivity contribution in [2.24, 2.45) is 0 Å². The van der Waals surface area contributed by atoms with Gasteiger partial charge in [-0.25, -0.2) is 0 Å². The van der Waals surface area contributed by atoms with Crippen LogP contribution in [0.5, 0.6) is 11.5 Å². The molecule has 0 N–H and O–H groups in total. The molecular formula is C65H46N2O. The van der Waals surface area contributed by atoms with Crippen molar-refractivity contribution in [3.05, 3.63) is 290 Å². The summed E-state index contributed by atoms with van der Waals surface area (Å²) in [5.41, 5.74) is 17.1. The number of rotatable bonds is 11. The molecule has 0 bridgehead atoms. The molecular weight excluding hydrogens is 825 g/mol. The van der Waals surface area contributed by atoms with Gasteiger partial charge in [0.05, 0.1) is 11.1 Å². The van der Waals surface area contributed by atoms with E-state index < -0.39 is 5.41 Å². The molecule has 0 aromatic heterocycles. The van der Waals surface area contributed by atoms with E-state index in [1.54, 1.807) is 0 Å². The van der Waals surface area contributed by atoms with Crippen LogP contribution in [0.15, 0.2) is 274 Å². The first-order valence-corrected chi connectivity index (χ1v) is 23.1. The van der Waals surface area contributed by atoms with Gasteiger partial charge in [0, 0.05) is 45.5 Å². The highest BCUT2D eigenvalue weighted by atomic mass is 16.5. The van der Waals surface area contributed by atoms with Gasteiger partial charge in [-0.05, 0) is 128 Å². The monoisotopic (exact) mass is 870 g/mol. The molecule has 1 heterocycles. The highest BCUT2D eigenvalue weighted by molar-refractivity contribution is 6.07. The lowest BCUT2D eigenvalue weighted by Crippen LogP contribution is -2.28. The quantitative estimate of drug-likeness (QED) is 0.120. The molecule has 10 aromatic rings. The van der Waals surface area contributed by atoms with E-state index in [0.29, 0.717) is 0 Å². The minimum atomic E-state index is -0.649. The van der Waals surface area contributed by atoms with Crippen LogP contribution in [0.25, 0.3) is 44.2 Å². The molecule has 0 spiro atoms. The first-order chi connectivity index (χ1) is 33.6. The normalized spacial score (nSPS) is 14.1. The maximum Gasteiger partial charge on any atom is 0.138 e. The zero-order valence-electron chi connectivity index (χ0n) is 37.5. The number of hydrogen-bond acceptors (Lipinski definition) is 3. The summed E-state index contributed by atoms with van der Waals surface area (Å²) in [5, 5.41) is 2.20. The van der Waals surface area contributed by atoms with Crippen molar-refractivity contribution in [3.8, 4) is 44.9 Å². The maximum atomic E-state index is 6.99. The summed E-state index contributed by atoms with van der Waals surface area (Å²) in [7, 11) is 0. The van der Waals surface area contributed by atoms with Crippen molar-refractivity contribution in [2.75, 3.05) is 9.80 Å². The maximum absolute atomic E-state index is 6.99. The third-order valence-electron chi connectivity index (χ3n) is 13.6. The summed E-state index contributed by atoms with van der Waals surface area (Å²) in [6, 6.07) is 84.7. The van der Waals surface area contributed by atoms with Gasteiger partial charge in [-0.3, -0.25) is 0 Å². The fourth-order valence-electron chi connectivity index (χ4n) is 10.6. The lowest BCUT2D eigenvalue weighted by Gasteiger charge is -2.35. The molecule has 3 heteroatoms. The van der Waals surface area contributed by atoms with Gasteiger partial charge in [-0.1, -0.05) is 189 Å². The second-order valence-corrected chi connectivity index (χ2v) is 17.4. The number of ether oxygens (including phenoxy) is 1. The predicted molar refractivity (Wildman–Crippen MR) is 284 cm³/mol. The number of hydrogen-bond donors (Lipinski definition) is 0. The predicted octanol–water partition coefficient (Wildman–Crippen LogP) is 17.8. The lowest BCUT2D eigenvalue weighted by atomic mass is 9.67. The van der Waals surface area contributed by atoms with E-state index >= 15 is 0 Å². The Balaban J connectivity index is 1.03. The van der Waals surface area contributed by atoms with Gasteiger partial charge in [0.15, 0.2) is 0 Å². The molecule has 2 aliphatic rings. The van der Waals surface area contributed by atoms with Crippen LogP contribution in [0.2, 0.25) is 0 Å². The molecule has 68 heavy (non-hydrogen) atoms. The first kappa shape index (κ1) is 40.6. The molecule has 0 fully saturated rings. The van der Waals surface area contributed by atoms with Gasteiger partial charge in [0.1, 0.15) is 11.5 Å². The van der Waals surface area contributed by atoms with Crippen LogP contribution in [-0.4, -0.2) is 0 Å². The molecule has 12 rings (SSSR count). The number of fused-ring (bicyclic) bond motifs is 5. The topological polar surface area (TPSA) is 15.7 Å². The van der Waals surface area contributed by atoms with Crippen LogP contribution in [0.4, 0.5) is 34.1 Å². The Hall–Kier alpha value is -8.92. The molecule has 322 valence electrons. The van der Waals surface area contributed by atoms with Crippen molar-refractivity contribution in [2.45, 2.75) is 5.41 Å². The Morgan fingerprint density at radius 2 is 0.971 bits per heavy atom. The van der Waals surface area contributed by atoms with Crippen molar-refractivity contribution in [1.29, 1.82) is 0 Å². The largest absolute Gasteiger partial charge is 0.456 e. The molecule has 1 aliphatic heterocycles. The number of para-hydroxylation sites is 2. The number of nitrogens with zero attached hydrogens (tertiary/aromatic N) is 2. The molecule has 1 atom stereocenters. The van der Waals surface area contributed by atoms with Gasteiger partial charge < -0.3 is 14.5 Å². The van der Waals surface area contributed by atoms with Crippen LogP contribution in [0, 0.1) is 0 Å². The van der Waals surface area contributed by atoms with E-state index in [0.717, 1.165) is 84.2 Å². The zero-order valence-corrected chi connectivity index (χ0v) is 37.5. The number of benzene rings is 10. The Morgan fingerprint density at radius 3 is 1.69 bits per heavy atom. The average Bonchev–Trinajstić information content (AvgIpc) is 3.70. The van der Waals surface area contributed by atoms with Gasteiger partial charge in [0.25, 0.3) is 0 Å². The summed E-state index contributed by atoms with van der Waals surface area (Å²) in [5.74, 6) is 1.65. The minimum absolute atomic E-state index is 0.649. The van der Waals surface area contributed by atoms with E-state index in [2.05, 4.69) is 259 Å². The van der Waals surface area contributed by atoms with E-state index in [-0.39, 0.29) is 0 Å². The highest BCUT2D eigenvalue weighted by Gasteiger charge is 2.46. The third-order valence-corrected chi connectivity index (χ3v) is 13.6. The van der Waals surface area contributed by atoms with Crippen molar-refractivity contribution < 1.29 is 4.74 Å². The van der Waals surface area contributed by atoms with Crippen LogP contribution < -0.4 is 14.5 Å². The second kappa shape index (κ2) is 16.8. The fraction of sp³-hybridized carbons (Fsp3) is 0.0154. The Morgan fingerprint density at radius 1 is 0.412 bits per heavy atom. The van der Waals surface area contributed by atoms with Gasteiger partial charge in [0.2, 0.25) is 0 Å². The van der Waals surface area contributed by atoms with Crippen LogP contribution >= 0.6 is 0 Å². The molecule has 0 radical (unpaired) electrons. The zero-order chi connectivity index (χ0) is 45.6. The van der Waals surface area contributed by atoms with E-state index in [1.165, 1.54) is 27.8 Å². The van der Waals surface area contributed by atoms with Crippen molar-refractivity contribution >= 4 is 44.9 Å². The van der Waals surface area contributed by atoms with Crippen LogP contribution in [-0.2, 0) is 5.41 Å². The lowest BCUT2D eigenvalue weighted by molar-refractivity contribution is 0.487. The Labute approximate surface area is 398 Å². The average molecular weight is 871 g/mol. The SMILES string of the molecule is C=C/C=C\C(=C)C1(c2ccccc2)c2ccccc2-c2ccc(N(c3ccc(-c4ccccc4)cc3)c3ccc4c(c3)-c3cccc5cc(N(c6ccccc6)c6ccccc6)cc(c35)O4)cc21. The van der Waals surface area contributed by atoms with E-state index in [9.17, 15) is 0 Å². The van der Waals surface area contributed by atoms with E-state index in [1.807, 2.05) is 12.2 Å². The molecule has 0 saturated carbocycles. The highest BCUT2D eigenvalue weighted by Crippen LogP contribution is 2.58. The van der Waals surface area contributed by atoms with Gasteiger partial charge in [-0.2, -0.15) is 0 Å². The standard InChI is InChI=1S/C65H46N2O/c1-3-4-20-45(2)65(49-24-11-6-12-25-49)60-32-18-17-30-56(60)57-39-37-54(43-61(57)65)67(52-35-33-47(34-36-52)46-21-9-5-10-22-46)53-38-40-62-59(42-53)58-31-19-23-48-41-55(44-63(68-62)64(48)58)66(50-26-13-7-14-27-50)51-28-15-8-16-29-51/h3-44H,1-2H2/b20-4-. The third kappa shape index (κ3) is 6.67. The first-order valence-electron chi connectivity index (χ1n) is 23.1. The number of anilines is 6. The van der Waals surface area contributed by atoms with Gasteiger partial charge >= 0.3 is 0 Å². The minimum Gasteiger partial charge on any atom is -0.456 e. The Kier molecular flexibility index (Phi) is 10.0. The van der Waals surface area contributed by atoms with Crippen molar-refractivity contribution in [3.63, 3.8) is 0 Å². The molecule has 0 amide bonds. The summed E-state index contributed by atoms with van der Waals surface area (Å²) in [6.45, 7) is 8.83. The molecule has 10 aromatic carbocycles. The summed E-state index contributed by atoms with van der Waals surface area (Å²) in [4.78, 5) is 4.67. The summed E-state index contributed by atoms with van der Waals surface area (Å²) >= 11 is 0. The van der Waals surface area contributed by atoms with Crippen LogP contribution in [0.3, 0.4) is 0 Å². The molecule has 3 nitrogen and oxygen atoms in total. The fourth-order valence-corrected chi connectivity index (χ4v) is 10.6.